The number of phenolic OH excluding ortho intramolecular Hbond substituents is 3. The molecule has 4 aliphatic heterocycles. The first-order valence-electron chi connectivity index (χ1n) is 22.8. The lowest BCUT2D eigenvalue weighted by Crippen LogP contribution is -2.54. The molecule has 7 rings (SSSR count). The maximum atomic E-state index is 14.6. The number of nitrogens with one attached hydrogen (secondary N) is 1. The maximum absolute atomic E-state index is 14.6. The van der Waals surface area contributed by atoms with Gasteiger partial charge in [0.25, 0.3) is 11.7 Å². The average Bonchev–Trinajstić information content (AvgIpc) is 3.55. The molecule has 11 atom stereocenters. The van der Waals surface area contributed by atoms with Crippen LogP contribution in [0.2, 0.25) is 0 Å². The Bertz CT molecular complexity index is 2460. The van der Waals surface area contributed by atoms with Crippen molar-refractivity contribution < 1.29 is 58.9 Å². The van der Waals surface area contributed by atoms with Crippen LogP contribution in [-0.4, -0.2) is 122 Å². The molecule has 4 aliphatic rings. The third kappa shape index (κ3) is 10.2. The zero-order valence-corrected chi connectivity index (χ0v) is 40.2. The maximum Gasteiger partial charge on any atom is 0.312 e. The second kappa shape index (κ2) is 20.5. The number of hydrazone groups is 1. The van der Waals surface area contributed by atoms with Crippen molar-refractivity contribution in [3.05, 3.63) is 88.7 Å². The van der Waals surface area contributed by atoms with Crippen molar-refractivity contribution in [1.82, 2.24) is 9.91 Å². The number of amides is 1. The van der Waals surface area contributed by atoms with E-state index in [9.17, 15) is 39.9 Å². The van der Waals surface area contributed by atoms with E-state index in [0.717, 1.165) is 6.54 Å². The molecule has 3 aromatic carbocycles. The van der Waals surface area contributed by atoms with Gasteiger partial charge in [-0.1, -0.05) is 76.3 Å². The number of anilines is 1. The summed E-state index contributed by atoms with van der Waals surface area (Å²) in [6.07, 6.45) is 4.88. The Morgan fingerprint density at radius 1 is 0.910 bits per heavy atom. The average molecular weight is 927 g/mol. The Morgan fingerprint density at radius 2 is 1.57 bits per heavy atom. The van der Waals surface area contributed by atoms with Gasteiger partial charge in [-0.2, -0.15) is 5.10 Å². The molecule has 0 saturated carbocycles. The lowest BCUT2D eigenvalue weighted by atomic mass is 9.78. The number of Topliss-reactive ketones (excluding diaryl/α,β-unsaturated/α-hetero) is 1. The number of phenols is 3. The molecule has 0 radical (unpaired) electrons. The molecule has 0 aliphatic carbocycles. The number of benzene rings is 3. The topological polar surface area (TPSA) is 220 Å². The Balaban J connectivity index is 1.48. The van der Waals surface area contributed by atoms with Gasteiger partial charge < -0.3 is 49.8 Å². The summed E-state index contributed by atoms with van der Waals surface area (Å²) in [6, 6.07) is 10.3. The fourth-order valence-corrected chi connectivity index (χ4v) is 9.54. The molecule has 6 N–H and O–H groups in total. The number of esters is 1. The smallest absolute Gasteiger partial charge is 0.312 e. The number of aromatic hydroxyl groups is 3. The van der Waals surface area contributed by atoms with E-state index >= 15 is 0 Å². The van der Waals surface area contributed by atoms with E-state index < -0.39 is 88.8 Å². The van der Waals surface area contributed by atoms with Crippen LogP contribution >= 0.6 is 0 Å². The highest BCUT2D eigenvalue weighted by Gasteiger charge is 2.50. The van der Waals surface area contributed by atoms with Crippen molar-refractivity contribution in [2.75, 3.05) is 25.5 Å². The van der Waals surface area contributed by atoms with Crippen LogP contribution in [0.5, 0.6) is 23.0 Å². The summed E-state index contributed by atoms with van der Waals surface area (Å²) >= 11 is 0. The first-order valence-corrected chi connectivity index (χ1v) is 22.8. The predicted octanol–water partition coefficient (Wildman–Crippen LogP) is 6.68. The van der Waals surface area contributed by atoms with Crippen LogP contribution in [0.25, 0.3) is 10.8 Å². The van der Waals surface area contributed by atoms with Crippen LogP contribution in [0.15, 0.2) is 71.6 Å². The second-order valence-electron chi connectivity index (χ2n) is 18.6. The first-order chi connectivity index (χ1) is 31.6. The number of aliphatic hydroxyl groups excluding tert-OH is 2. The molecule has 16 nitrogen and oxygen atoms in total. The standard InChI is InChI=1S/C51H66N4O12/c1-26-16-15-17-27(2)50(63)53-41-36(22-52-54-23-28(3)55(29(4)24-54)25-35-18-13-12-14-19-35)45(60)38-39(46(41)61)44(59)33(8)48-40(38)49(62)51(10,67-48)65-21-20-37(64-11)30(5)47(66-34(9)56)32(7)43(58)31(6)42(26)57/h12-22,26,28-32,37,42-43,47,57-61H,23-25H2,1-11H3,(H,53,63)/t26-,28-,29+,30+,31-,32-,37+,42-,43-,47-,51-/m0/s1. The number of rotatable bonds is 6. The number of ketones is 1. The number of carbonyl (C=O) groups is 3. The van der Waals surface area contributed by atoms with Crippen molar-refractivity contribution in [2.24, 2.45) is 28.8 Å². The largest absolute Gasteiger partial charge is 0.507 e. The normalized spacial score (nSPS) is 30.1. The summed E-state index contributed by atoms with van der Waals surface area (Å²) in [5.74, 6) is -8.45. The van der Waals surface area contributed by atoms with Crippen LogP contribution in [0.3, 0.4) is 0 Å². The molecule has 67 heavy (non-hydrogen) atoms. The zero-order chi connectivity index (χ0) is 49.2. The Morgan fingerprint density at radius 3 is 2.19 bits per heavy atom. The highest BCUT2D eigenvalue weighted by molar-refractivity contribution is 6.23. The number of nitrogens with zero attached hydrogens (tertiary/aromatic N) is 3. The number of fused-ring (bicyclic) bond motifs is 14. The lowest BCUT2D eigenvalue weighted by Gasteiger charge is -2.43. The number of allylic oxidation sites excluding steroid dienone is 2. The number of carbonyl (C=O) groups excluding carboxylic acids is 3. The van der Waals surface area contributed by atoms with Crippen LogP contribution in [0.1, 0.15) is 89.4 Å². The molecule has 0 spiro atoms. The minimum Gasteiger partial charge on any atom is -0.507 e. The monoisotopic (exact) mass is 926 g/mol. The first kappa shape index (κ1) is 50.5. The van der Waals surface area contributed by atoms with E-state index in [4.69, 9.17) is 24.0 Å². The minimum atomic E-state index is -2.06. The van der Waals surface area contributed by atoms with E-state index in [1.54, 1.807) is 39.8 Å². The molecular formula is C51H66N4O12. The van der Waals surface area contributed by atoms with Gasteiger partial charge in [-0.15, -0.1) is 0 Å². The van der Waals surface area contributed by atoms with Gasteiger partial charge in [0, 0.05) is 79.8 Å². The molecule has 0 aromatic heterocycles. The van der Waals surface area contributed by atoms with Crippen molar-refractivity contribution in [3.63, 3.8) is 0 Å². The fraction of sp³-hybridized carbons (Fsp3) is 0.490. The molecule has 1 saturated heterocycles. The quantitative estimate of drug-likeness (QED) is 0.0658. The van der Waals surface area contributed by atoms with Crippen LogP contribution in [-0.2, 0) is 30.3 Å². The van der Waals surface area contributed by atoms with Crippen molar-refractivity contribution in [2.45, 2.75) is 118 Å². The van der Waals surface area contributed by atoms with Crippen LogP contribution < -0.4 is 10.1 Å². The van der Waals surface area contributed by atoms with E-state index in [2.05, 4.69) is 36.2 Å². The number of aliphatic hydroxyl groups is 2. The van der Waals surface area contributed by atoms with E-state index in [0.29, 0.717) is 13.1 Å². The van der Waals surface area contributed by atoms with Crippen LogP contribution in [0, 0.1) is 30.6 Å². The van der Waals surface area contributed by atoms with Gasteiger partial charge in [-0.3, -0.25) is 24.3 Å². The molecule has 362 valence electrons. The highest BCUT2D eigenvalue weighted by atomic mass is 16.7. The van der Waals surface area contributed by atoms with Crippen LogP contribution in [0.4, 0.5) is 5.69 Å². The molecule has 5 bridgehead atoms. The predicted molar refractivity (Wildman–Crippen MR) is 254 cm³/mol. The van der Waals surface area contributed by atoms with Gasteiger partial charge in [0.05, 0.1) is 66.1 Å². The number of piperazine rings is 1. The Labute approximate surface area is 392 Å². The van der Waals surface area contributed by atoms with Gasteiger partial charge in [-0.25, -0.2) is 0 Å². The molecule has 1 fully saturated rings. The van der Waals surface area contributed by atoms with Crippen molar-refractivity contribution in [3.8, 4) is 23.0 Å². The zero-order valence-electron chi connectivity index (χ0n) is 40.2. The third-order valence-electron chi connectivity index (χ3n) is 13.7. The number of methoxy groups -OCH3 is 1. The molecule has 0 unspecified atom stereocenters. The molecule has 4 heterocycles. The van der Waals surface area contributed by atoms with Gasteiger partial charge in [0.1, 0.15) is 23.4 Å². The van der Waals surface area contributed by atoms with E-state index in [1.165, 1.54) is 65.0 Å². The summed E-state index contributed by atoms with van der Waals surface area (Å²) in [5, 5.41) is 68.0. The highest BCUT2D eigenvalue weighted by Crippen LogP contribution is 2.55. The van der Waals surface area contributed by atoms with E-state index in [1.807, 2.05) is 23.2 Å². The SMILES string of the molecule is CO[C@@H]1C=CO[C@@]2(C)Oc3c(C)c(O)c4c(O)c(c(C=NN5C[C@@H](C)N(Cc6ccccc6)[C@@H](C)C5)c(O)c4c3C2=O)NC(=O)C(C)=CC=C[C@H](C)[C@H](O)[C@H](C)[C@H](O)[C@H](C)[C@@H](OC(C)=O)[C@@H]1C. The number of ether oxygens (including phenoxy) is 4. The molecular weight excluding hydrogens is 861 g/mol. The van der Waals surface area contributed by atoms with Gasteiger partial charge in [-0.05, 0) is 39.3 Å². The lowest BCUT2D eigenvalue weighted by molar-refractivity contribution is -0.160. The van der Waals surface area contributed by atoms with Gasteiger partial charge >= 0.3 is 11.8 Å². The Hall–Kier alpha value is -5.94. The van der Waals surface area contributed by atoms with Gasteiger partial charge in [0.2, 0.25) is 0 Å². The number of hydrogen-bond acceptors (Lipinski definition) is 15. The summed E-state index contributed by atoms with van der Waals surface area (Å²) in [7, 11) is 1.44. The van der Waals surface area contributed by atoms with Crippen molar-refractivity contribution in [1.29, 1.82) is 0 Å². The fourth-order valence-electron chi connectivity index (χ4n) is 9.54. The molecule has 1 amide bonds. The molecule has 16 heteroatoms. The number of hydrogen-bond donors (Lipinski definition) is 6. The van der Waals surface area contributed by atoms with Gasteiger partial charge in [0.15, 0.2) is 5.75 Å². The summed E-state index contributed by atoms with van der Waals surface area (Å²) in [5.41, 5.74) is 0.787. The van der Waals surface area contributed by atoms with Crippen molar-refractivity contribution >= 4 is 40.3 Å². The summed E-state index contributed by atoms with van der Waals surface area (Å²) in [6.45, 7) is 18.5. The summed E-state index contributed by atoms with van der Waals surface area (Å²) < 4.78 is 23.8. The van der Waals surface area contributed by atoms with E-state index in [-0.39, 0.29) is 56.6 Å². The third-order valence-corrected chi connectivity index (χ3v) is 13.7. The second-order valence-corrected chi connectivity index (χ2v) is 18.6. The molecule has 3 aromatic rings. The Kier molecular flexibility index (Phi) is 15.5. The minimum absolute atomic E-state index is 0.0503. The summed E-state index contributed by atoms with van der Waals surface area (Å²) in [4.78, 5) is 43.4.